The van der Waals surface area contributed by atoms with Crippen molar-refractivity contribution in [2.24, 2.45) is 7.05 Å². The van der Waals surface area contributed by atoms with Crippen LogP contribution in [0.4, 0.5) is 0 Å². The normalized spacial score (nSPS) is 10.8. The molecule has 2 aromatic carbocycles. The van der Waals surface area contributed by atoms with Crippen LogP contribution in [0, 0.1) is 0 Å². The Morgan fingerprint density at radius 2 is 1.58 bits per heavy atom. The zero-order chi connectivity index (χ0) is 18.1. The van der Waals surface area contributed by atoms with Crippen LogP contribution < -0.4 is 11.2 Å². The molecule has 0 aliphatic heterocycles. The van der Waals surface area contributed by atoms with Gasteiger partial charge < -0.3 is 4.52 Å². The number of rotatable bonds is 3. The van der Waals surface area contributed by atoms with Crippen LogP contribution in [-0.2, 0) is 7.05 Å². The van der Waals surface area contributed by atoms with Gasteiger partial charge in [-0.2, -0.15) is 4.98 Å². The van der Waals surface area contributed by atoms with Crippen molar-refractivity contribution in [3.63, 3.8) is 0 Å². The lowest BCUT2D eigenvalue weighted by Crippen LogP contribution is -2.37. The lowest BCUT2D eigenvalue weighted by atomic mass is 10.2. The van der Waals surface area contributed by atoms with Crippen molar-refractivity contribution in [3.05, 3.63) is 87.7 Å². The third-order valence-electron chi connectivity index (χ3n) is 4.01. The van der Waals surface area contributed by atoms with Crippen LogP contribution >= 0.6 is 0 Å². The van der Waals surface area contributed by atoms with E-state index in [1.165, 1.54) is 17.8 Å². The molecule has 128 valence electrons. The standard InChI is InChI=1S/C19H14N4O3/c1-22-18(24)15(12-23(19(22)25)14-10-6-3-7-11-14)16-20-17(26-21-16)13-8-4-2-5-9-13/h2-12H,1H3. The first-order valence-electron chi connectivity index (χ1n) is 7.93. The topological polar surface area (TPSA) is 82.9 Å². The molecule has 0 N–H and O–H groups in total. The molecule has 0 saturated heterocycles. The summed E-state index contributed by atoms with van der Waals surface area (Å²) < 4.78 is 7.69. The minimum absolute atomic E-state index is 0.133. The second-order valence-corrected chi connectivity index (χ2v) is 5.68. The maximum Gasteiger partial charge on any atom is 0.335 e. The molecule has 0 bridgehead atoms. The predicted octanol–water partition coefficient (Wildman–Crippen LogP) is 2.25. The van der Waals surface area contributed by atoms with E-state index in [-0.39, 0.29) is 11.4 Å². The number of benzene rings is 2. The minimum Gasteiger partial charge on any atom is -0.334 e. The summed E-state index contributed by atoms with van der Waals surface area (Å²) in [4.78, 5) is 29.3. The van der Waals surface area contributed by atoms with E-state index in [4.69, 9.17) is 4.52 Å². The highest BCUT2D eigenvalue weighted by atomic mass is 16.5. The summed E-state index contributed by atoms with van der Waals surface area (Å²) in [5.41, 5.74) is 0.641. The molecule has 26 heavy (non-hydrogen) atoms. The minimum atomic E-state index is -0.484. The zero-order valence-electron chi connectivity index (χ0n) is 13.9. The molecule has 0 aliphatic rings. The zero-order valence-corrected chi connectivity index (χ0v) is 13.9. The van der Waals surface area contributed by atoms with Crippen molar-refractivity contribution in [1.29, 1.82) is 0 Å². The number of nitrogens with zero attached hydrogens (tertiary/aromatic N) is 4. The second-order valence-electron chi connectivity index (χ2n) is 5.68. The Morgan fingerprint density at radius 1 is 0.923 bits per heavy atom. The van der Waals surface area contributed by atoms with E-state index in [0.717, 1.165) is 10.1 Å². The lowest BCUT2D eigenvalue weighted by molar-refractivity contribution is 0.432. The lowest BCUT2D eigenvalue weighted by Gasteiger charge is -2.08. The highest BCUT2D eigenvalue weighted by Gasteiger charge is 2.17. The van der Waals surface area contributed by atoms with Crippen LogP contribution in [0.15, 0.2) is 81.0 Å². The Bertz CT molecular complexity index is 1170. The molecular formula is C19H14N4O3. The number of hydrogen-bond acceptors (Lipinski definition) is 5. The SMILES string of the molecule is Cn1c(=O)c(-c2noc(-c3ccccc3)n2)cn(-c2ccccc2)c1=O. The molecule has 0 radical (unpaired) electrons. The second kappa shape index (κ2) is 6.29. The van der Waals surface area contributed by atoms with E-state index in [1.54, 1.807) is 12.1 Å². The summed E-state index contributed by atoms with van der Waals surface area (Å²) in [7, 11) is 1.42. The number of aromatic nitrogens is 4. The molecule has 0 saturated carbocycles. The van der Waals surface area contributed by atoms with Gasteiger partial charge in [0.2, 0.25) is 5.82 Å². The average Bonchev–Trinajstić information content (AvgIpc) is 3.18. The average molecular weight is 346 g/mol. The monoisotopic (exact) mass is 346 g/mol. The maximum absolute atomic E-state index is 12.5. The summed E-state index contributed by atoms with van der Waals surface area (Å²) in [6, 6.07) is 18.3. The first-order chi connectivity index (χ1) is 12.6. The van der Waals surface area contributed by atoms with Crippen molar-refractivity contribution in [2.75, 3.05) is 0 Å². The maximum atomic E-state index is 12.5. The van der Waals surface area contributed by atoms with E-state index in [2.05, 4.69) is 10.1 Å². The van der Waals surface area contributed by atoms with Crippen LogP contribution in [0.5, 0.6) is 0 Å². The van der Waals surface area contributed by atoms with Crippen molar-refractivity contribution in [3.8, 4) is 28.5 Å². The van der Waals surface area contributed by atoms with Crippen LogP contribution in [0.2, 0.25) is 0 Å². The van der Waals surface area contributed by atoms with Gasteiger partial charge in [-0.05, 0) is 24.3 Å². The summed E-state index contributed by atoms with van der Waals surface area (Å²) >= 11 is 0. The molecule has 0 unspecified atom stereocenters. The Balaban J connectivity index is 1.88. The molecule has 0 fully saturated rings. The van der Waals surface area contributed by atoms with E-state index in [0.29, 0.717) is 11.6 Å². The summed E-state index contributed by atoms with van der Waals surface area (Å²) in [5.74, 6) is 0.439. The highest BCUT2D eigenvalue weighted by Crippen LogP contribution is 2.20. The van der Waals surface area contributed by atoms with Crippen molar-refractivity contribution in [1.82, 2.24) is 19.3 Å². The Kier molecular flexibility index (Phi) is 3.81. The molecule has 0 atom stereocenters. The van der Waals surface area contributed by atoms with Crippen LogP contribution in [0.3, 0.4) is 0 Å². The van der Waals surface area contributed by atoms with Gasteiger partial charge in [-0.25, -0.2) is 4.79 Å². The third kappa shape index (κ3) is 2.65. The van der Waals surface area contributed by atoms with Gasteiger partial charge in [0.15, 0.2) is 0 Å². The van der Waals surface area contributed by atoms with Crippen molar-refractivity contribution >= 4 is 0 Å². The smallest absolute Gasteiger partial charge is 0.334 e. The Morgan fingerprint density at radius 3 is 2.27 bits per heavy atom. The fourth-order valence-corrected chi connectivity index (χ4v) is 2.63. The largest absolute Gasteiger partial charge is 0.335 e. The first kappa shape index (κ1) is 15.8. The van der Waals surface area contributed by atoms with Gasteiger partial charge in [-0.3, -0.25) is 13.9 Å². The van der Waals surface area contributed by atoms with E-state index >= 15 is 0 Å². The summed E-state index contributed by atoms with van der Waals surface area (Å²) in [5, 5.41) is 3.91. The van der Waals surface area contributed by atoms with Crippen molar-refractivity contribution in [2.45, 2.75) is 0 Å². The van der Waals surface area contributed by atoms with Gasteiger partial charge in [-0.1, -0.05) is 41.6 Å². The van der Waals surface area contributed by atoms with Crippen LogP contribution in [0.1, 0.15) is 0 Å². The predicted molar refractivity (Wildman–Crippen MR) is 96.0 cm³/mol. The molecule has 0 aliphatic carbocycles. The fraction of sp³-hybridized carbons (Fsp3) is 0.0526. The van der Waals surface area contributed by atoms with Crippen LogP contribution in [-0.4, -0.2) is 19.3 Å². The number of para-hydroxylation sites is 1. The van der Waals surface area contributed by atoms with E-state index in [9.17, 15) is 9.59 Å². The van der Waals surface area contributed by atoms with Gasteiger partial charge in [0.05, 0.1) is 5.69 Å². The Hall–Kier alpha value is -3.74. The number of hydrogen-bond donors (Lipinski definition) is 0. The fourth-order valence-electron chi connectivity index (χ4n) is 2.63. The van der Waals surface area contributed by atoms with Gasteiger partial charge in [0.1, 0.15) is 5.56 Å². The molecule has 7 heteroatoms. The van der Waals surface area contributed by atoms with E-state index in [1.807, 2.05) is 48.5 Å². The van der Waals surface area contributed by atoms with Crippen LogP contribution in [0.25, 0.3) is 28.5 Å². The van der Waals surface area contributed by atoms with Gasteiger partial charge in [0, 0.05) is 18.8 Å². The molecular weight excluding hydrogens is 332 g/mol. The molecule has 4 aromatic rings. The highest BCUT2D eigenvalue weighted by molar-refractivity contribution is 5.58. The first-order valence-corrected chi connectivity index (χ1v) is 7.93. The molecule has 0 amide bonds. The molecule has 0 spiro atoms. The molecule has 2 aromatic heterocycles. The summed E-state index contributed by atoms with van der Waals surface area (Å²) in [6.07, 6.45) is 1.44. The molecule has 4 rings (SSSR count). The third-order valence-corrected chi connectivity index (χ3v) is 4.01. The van der Waals surface area contributed by atoms with Gasteiger partial charge >= 0.3 is 5.69 Å². The van der Waals surface area contributed by atoms with Gasteiger partial charge in [-0.15, -0.1) is 0 Å². The van der Waals surface area contributed by atoms with Gasteiger partial charge in [0.25, 0.3) is 11.4 Å². The molecule has 7 nitrogen and oxygen atoms in total. The van der Waals surface area contributed by atoms with E-state index < -0.39 is 11.2 Å². The van der Waals surface area contributed by atoms with Crippen molar-refractivity contribution < 1.29 is 4.52 Å². The quantitative estimate of drug-likeness (QED) is 0.568. The molecule has 2 heterocycles. The summed E-state index contributed by atoms with van der Waals surface area (Å²) in [6.45, 7) is 0. The Labute approximate surface area is 147 Å².